The molecule has 1 aromatic carbocycles. The van der Waals surface area contributed by atoms with E-state index < -0.39 is 17.7 Å². The summed E-state index contributed by atoms with van der Waals surface area (Å²) >= 11 is 0. The minimum absolute atomic E-state index is 0.0469. The minimum atomic E-state index is -0.974. The third-order valence-electron chi connectivity index (χ3n) is 2.94. The van der Waals surface area contributed by atoms with Crippen molar-refractivity contribution in [1.82, 2.24) is 19.7 Å². The number of nitrogens with zero attached hydrogens (tertiary/aromatic N) is 3. The summed E-state index contributed by atoms with van der Waals surface area (Å²) < 4.78 is 28.3. The average Bonchev–Trinajstić information content (AvgIpc) is 2.99. The van der Waals surface area contributed by atoms with Gasteiger partial charge >= 0.3 is 0 Å². The van der Waals surface area contributed by atoms with Crippen LogP contribution in [0.1, 0.15) is 17.4 Å². The first-order valence-electron chi connectivity index (χ1n) is 5.64. The molecule has 3 N–H and O–H groups in total. The molecular weight excluding hydrogens is 252 g/mol. The summed E-state index contributed by atoms with van der Waals surface area (Å²) in [4.78, 5) is 6.92. The van der Waals surface area contributed by atoms with E-state index in [1.807, 2.05) is 0 Å². The van der Waals surface area contributed by atoms with Crippen molar-refractivity contribution in [3.63, 3.8) is 0 Å². The molecule has 3 aromatic rings. The molecule has 0 spiro atoms. The molecule has 0 aliphatic carbocycles. The number of imidazole rings is 1. The van der Waals surface area contributed by atoms with E-state index in [0.29, 0.717) is 11.3 Å². The maximum absolute atomic E-state index is 13.6. The Morgan fingerprint density at radius 1 is 1.37 bits per heavy atom. The van der Waals surface area contributed by atoms with Crippen LogP contribution in [0.4, 0.5) is 8.78 Å². The first-order valence-corrected chi connectivity index (χ1v) is 5.64. The van der Waals surface area contributed by atoms with Crippen molar-refractivity contribution < 1.29 is 8.78 Å². The first kappa shape index (κ1) is 11.8. The van der Waals surface area contributed by atoms with Crippen molar-refractivity contribution >= 4 is 11.0 Å². The quantitative estimate of drug-likeness (QED) is 0.738. The number of nitrogens with one attached hydrogen (secondary N) is 1. The average molecular weight is 263 g/mol. The molecular formula is C12H11F2N5. The number of hydrogen-bond acceptors (Lipinski definition) is 3. The molecule has 0 aliphatic rings. The third-order valence-corrected chi connectivity index (χ3v) is 2.94. The third kappa shape index (κ3) is 1.88. The van der Waals surface area contributed by atoms with Crippen molar-refractivity contribution in [2.75, 3.05) is 0 Å². The van der Waals surface area contributed by atoms with E-state index in [1.165, 1.54) is 6.07 Å². The van der Waals surface area contributed by atoms with Gasteiger partial charge in [-0.1, -0.05) is 0 Å². The Kier molecular flexibility index (Phi) is 2.56. The van der Waals surface area contributed by atoms with Gasteiger partial charge in [0.2, 0.25) is 0 Å². The van der Waals surface area contributed by atoms with E-state index in [9.17, 15) is 8.78 Å². The van der Waals surface area contributed by atoms with Gasteiger partial charge in [-0.25, -0.2) is 13.8 Å². The largest absolute Gasteiger partial charge is 0.340 e. The van der Waals surface area contributed by atoms with Crippen LogP contribution in [0, 0.1) is 11.6 Å². The SMILES string of the molecule is Cn1cc(C(N)c2nc3c(F)c(F)ccc3[nH]2)cn1. The number of H-pyrrole nitrogens is 1. The Hall–Kier alpha value is -2.28. The lowest BCUT2D eigenvalue weighted by Crippen LogP contribution is -2.12. The van der Waals surface area contributed by atoms with E-state index >= 15 is 0 Å². The van der Waals surface area contributed by atoms with E-state index in [0.717, 1.165) is 11.6 Å². The summed E-state index contributed by atoms with van der Waals surface area (Å²) in [6.45, 7) is 0. The van der Waals surface area contributed by atoms with Crippen LogP contribution in [0.5, 0.6) is 0 Å². The Balaban J connectivity index is 2.08. The zero-order chi connectivity index (χ0) is 13.6. The van der Waals surface area contributed by atoms with E-state index in [4.69, 9.17) is 5.73 Å². The van der Waals surface area contributed by atoms with Gasteiger partial charge in [0.25, 0.3) is 0 Å². The highest BCUT2D eigenvalue weighted by atomic mass is 19.2. The molecule has 2 aromatic heterocycles. The lowest BCUT2D eigenvalue weighted by Gasteiger charge is -2.04. The summed E-state index contributed by atoms with van der Waals surface area (Å²) in [6, 6.07) is 1.92. The molecule has 0 bridgehead atoms. The highest BCUT2D eigenvalue weighted by Gasteiger charge is 2.18. The summed E-state index contributed by atoms with van der Waals surface area (Å²) in [7, 11) is 1.77. The molecule has 0 saturated heterocycles. The lowest BCUT2D eigenvalue weighted by molar-refractivity contribution is 0.515. The maximum Gasteiger partial charge on any atom is 0.186 e. The summed E-state index contributed by atoms with van der Waals surface area (Å²) in [6.07, 6.45) is 3.35. The molecule has 0 saturated carbocycles. The predicted molar refractivity (Wildman–Crippen MR) is 65.2 cm³/mol. The van der Waals surface area contributed by atoms with E-state index in [1.54, 1.807) is 24.1 Å². The molecule has 5 nitrogen and oxygen atoms in total. The summed E-state index contributed by atoms with van der Waals surface area (Å²) in [5, 5.41) is 4.01. The molecule has 1 atom stereocenters. The second kappa shape index (κ2) is 4.13. The first-order chi connectivity index (χ1) is 9.06. The van der Waals surface area contributed by atoms with Crippen molar-refractivity contribution in [2.24, 2.45) is 12.8 Å². The van der Waals surface area contributed by atoms with Crippen LogP contribution < -0.4 is 5.73 Å². The second-order valence-corrected chi connectivity index (χ2v) is 4.30. The summed E-state index contributed by atoms with van der Waals surface area (Å²) in [5.41, 5.74) is 7.12. The van der Waals surface area contributed by atoms with Gasteiger partial charge in [0, 0.05) is 18.8 Å². The molecule has 1 unspecified atom stereocenters. The highest BCUT2D eigenvalue weighted by molar-refractivity contribution is 5.76. The number of aryl methyl sites for hydroxylation is 1. The lowest BCUT2D eigenvalue weighted by atomic mass is 10.2. The number of rotatable bonds is 2. The normalized spacial score (nSPS) is 13.1. The van der Waals surface area contributed by atoms with Gasteiger partial charge in [-0.05, 0) is 12.1 Å². The molecule has 0 fully saturated rings. The number of hydrogen-bond donors (Lipinski definition) is 2. The van der Waals surface area contributed by atoms with Crippen LogP contribution in [0.2, 0.25) is 0 Å². The van der Waals surface area contributed by atoms with Crippen LogP contribution in [0.3, 0.4) is 0 Å². The Labute approximate surface area is 107 Å². The molecule has 2 heterocycles. The standard InChI is InChI=1S/C12H11F2N5/c1-19-5-6(4-16-19)10(15)12-17-8-3-2-7(13)9(14)11(8)18-12/h2-5,10H,15H2,1H3,(H,17,18). The minimum Gasteiger partial charge on any atom is -0.340 e. The van der Waals surface area contributed by atoms with Crippen molar-refractivity contribution in [1.29, 1.82) is 0 Å². The van der Waals surface area contributed by atoms with Crippen molar-refractivity contribution in [3.8, 4) is 0 Å². The maximum atomic E-state index is 13.6. The second-order valence-electron chi connectivity index (χ2n) is 4.30. The van der Waals surface area contributed by atoms with Crippen LogP contribution in [-0.4, -0.2) is 19.7 Å². The molecule has 7 heteroatoms. The number of halogens is 2. The number of nitrogens with two attached hydrogens (primary N) is 1. The highest BCUT2D eigenvalue weighted by Crippen LogP contribution is 2.22. The molecule has 0 amide bonds. The Morgan fingerprint density at radius 2 is 2.16 bits per heavy atom. The van der Waals surface area contributed by atoms with Gasteiger partial charge in [0.1, 0.15) is 11.3 Å². The number of aromatic amines is 1. The van der Waals surface area contributed by atoms with E-state index in [2.05, 4.69) is 15.1 Å². The fraction of sp³-hybridized carbons (Fsp3) is 0.167. The molecule has 0 aliphatic heterocycles. The topological polar surface area (TPSA) is 72.5 Å². The molecule has 0 radical (unpaired) electrons. The van der Waals surface area contributed by atoms with Gasteiger partial charge in [-0.15, -0.1) is 0 Å². The number of benzene rings is 1. The van der Waals surface area contributed by atoms with Crippen molar-refractivity contribution in [2.45, 2.75) is 6.04 Å². The summed E-state index contributed by atoms with van der Waals surface area (Å²) in [5.74, 6) is -1.54. The van der Waals surface area contributed by atoms with Gasteiger partial charge < -0.3 is 10.7 Å². The Morgan fingerprint density at radius 3 is 2.84 bits per heavy atom. The molecule has 19 heavy (non-hydrogen) atoms. The smallest absolute Gasteiger partial charge is 0.186 e. The van der Waals surface area contributed by atoms with Crippen LogP contribution in [0.25, 0.3) is 11.0 Å². The van der Waals surface area contributed by atoms with Gasteiger partial charge in [0.05, 0.1) is 17.8 Å². The zero-order valence-corrected chi connectivity index (χ0v) is 10.1. The van der Waals surface area contributed by atoms with Gasteiger partial charge in [-0.3, -0.25) is 4.68 Å². The fourth-order valence-electron chi connectivity index (χ4n) is 1.94. The van der Waals surface area contributed by atoms with Crippen LogP contribution >= 0.6 is 0 Å². The van der Waals surface area contributed by atoms with Crippen molar-refractivity contribution in [3.05, 3.63) is 47.5 Å². The van der Waals surface area contributed by atoms with Gasteiger partial charge in [0.15, 0.2) is 11.6 Å². The van der Waals surface area contributed by atoms with Crippen LogP contribution in [0.15, 0.2) is 24.5 Å². The number of aromatic nitrogens is 4. The van der Waals surface area contributed by atoms with Crippen LogP contribution in [-0.2, 0) is 7.05 Å². The zero-order valence-electron chi connectivity index (χ0n) is 10.1. The molecule has 98 valence electrons. The van der Waals surface area contributed by atoms with Gasteiger partial charge in [-0.2, -0.15) is 5.10 Å². The predicted octanol–water partition coefficient (Wildman–Crippen LogP) is 1.62. The monoisotopic (exact) mass is 263 g/mol. The van der Waals surface area contributed by atoms with E-state index in [-0.39, 0.29) is 5.52 Å². The number of fused-ring (bicyclic) bond motifs is 1. The fourth-order valence-corrected chi connectivity index (χ4v) is 1.94. The Bertz CT molecular complexity index is 746. The molecule has 3 rings (SSSR count).